The molecule has 3 heteroatoms. The van der Waals surface area contributed by atoms with Gasteiger partial charge in [0.25, 0.3) is 0 Å². The second-order valence-corrected chi connectivity index (χ2v) is 9.91. The van der Waals surface area contributed by atoms with Gasteiger partial charge in [0.05, 0.1) is 11.4 Å². The van der Waals surface area contributed by atoms with E-state index >= 15 is 0 Å². The maximum absolute atomic E-state index is 6.28. The normalized spacial score (nSPS) is 14.7. The Labute approximate surface area is 221 Å². The predicted octanol–water partition coefficient (Wildman–Crippen LogP) is 9.48. The number of para-hydroxylation sites is 1. The molecule has 0 saturated carbocycles. The van der Waals surface area contributed by atoms with Gasteiger partial charge in [-0.15, -0.1) is 0 Å². The summed E-state index contributed by atoms with van der Waals surface area (Å²) in [5.74, 6) is 1.83. The Kier molecular flexibility index (Phi) is 4.58. The molecule has 0 radical (unpaired) electrons. The number of fused-ring (bicyclic) bond motifs is 3. The Hall–Kier alpha value is -5.02. The minimum atomic E-state index is 0.0905. The van der Waals surface area contributed by atoms with Crippen molar-refractivity contribution in [1.82, 2.24) is 0 Å². The van der Waals surface area contributed by atoms with Crippen LogP contribution in [0.4, 0.5) is 11.4 Å². The van der Waals surface area contributed by atoms with E-state index in [9.17, 15) is 0 Å². The zero-order valence-electron chi connectivity index (χ0n) is 20.6. The van der Waals surface area contributed by atoms with Crippen LogP contribution in [-0.2, 0) is 0 Å². The van der Waals surface area contributed by atoms with E-state index in [0.29, 0.717) is 0 Å². The molecule has 0 bridgehead atoms. The zero-order chi connectivity index (χ0) is 25.1. The second kappa shape index (κ2) is 8.25. The first-order valence-electron chi connectivity index (χ1n) is 13.0. The van der Waals surface area contributed by atoms with E-state index in [2.05, 4.69) is 120 Å². The van der Waals surface area contributed by atoms with E-state index < -0.39 is 0 Å². The quantitative estimate of drug-likeness (QED) is 0.260. The lowest BCUT2D eigenvalue weighted by atomic mass is 9.90. The van der Waals surface area contributed by atoms with Crippen LogP contribution in [0.3, 0.4) is 0 Å². The Morgan fingerprint density at radius 1 is 0.474 bits per heavy atom. The summed E-state index contributed by atoms with van der Waals surface area (Å²) in [7, 11) is 0. The van der Waals surface area contributed by atoms with Gasteiger partial charge >= 0.3 is 0 Å². The van der Waals surface area contributed by atoms with Crippen LogP contribution >= 0.6 is 0 Å². The van der Waals surface area contributed by atoms with E-state index in [4.69, 9.17) is 4.74 Å². The maximum atomic E-state index is 6.28. The summed E-state index contributed by atoms with van der Waals surface area (Å²) in [6, 6.07) is 45.0. The maximum Gasteiger partial charge on any atom is 0.135 e. The van der Waals surface area contributed by atoms with Crippen molar-refractivity contribution in [1.29, 1.82) is 0 Å². The summed E-state index contributed by atoms with van der Waals surface area (Å²) in [6.45, 7) is 0. The monoisotopic (exact) mass is 488 g/mol. The largest absolute Gasteiger partial charge is 0.456 e. The molecule has 6 aromatic carbocycles. The van der Waals surface area contributed by atoms with Crippen LogP contribution in [0, 0.1) is 0 Å². The van der Waals surface area contributed by atoms with Crippen molar-refractivity contribution >= 4 is 22.1 Å². The molecule has 2 aliphatic rings. The lowest BCUT2D eigenvalue weighted by Crippen LogP contribution is -2.11. The van der Waals surface area contributed by atoms with Crippen molar-refractivity contribution in [3.8, 4) is 44.9 Å². The molecule has 0 aliphatic carbocycles. The van der Waals surface area contributed by atoms with Gasteiger partial charge in [-0.1, -0.05) is 103 Å². The molecule has 1 unspecified atom stereocenters. The lowest BCUT2D eigenvalue weighted by molar-refractivity contribution is 0.487. The summed E-state index contributed by atoms with van der Waals surface area (Å²) < 4.78 is 6.28. The van der Waals surface area contributed by atoms with E-state index in [1.165, 1.54) is 44.2 Å². The highest BCUT2D eigenvalue weighted by atomic mass is 16.5. The first kappa shape index (κ1) is 21.1. The predicted molar refractivity (Wildman–Crippen MR) is 157 cm³/mol. The highest BCUT2D eigenvalue weighted by Crippen LogP contribution is 2.48. The van der Waals surface area contributed by atoms with Crippen molar-refractivity contribution in [3.63, 3.8) is 0 Å². The van der Waals surface area contributed by atoms with Crippen LogP contribution in [0.25, 0.3) is 44.2 Å². The molecule has 6 aromatic rings. The highest BCUT2D eigenvalue weighted by molar-refractivity contribution is 6.09. The molecule has 2 heterocycles. The number of ether oxygens (including phenoxy) is 1. The van der Waals surface area contributed by atoms with E-state index in [1.807, 2.05) is 18.2 Å². The molecular formula is C35H24N2O. The first-order chi connectivity index (χ1) is 18.8. The van der Waals surface area contributed by atoms with E-state index in [1.54, 1.807) is 0 Å². The average molecular weight is 489 g/mol. The number of hydrogen-bond acceptors (Lipinski definition) is 3. The summed E-state index contributed by atoms with van der Waals surface area (Å²) in [4.78, 5) is 0. The molecule has 0 spiro atoms. The SMILES string of the molecule is c1ccc(C2Nc3ccc(-c4ccc(-c5ccc6c7c(cccc57)-c5ccccc5O6)cc4)cc3N2)cc1. The van der Waals surface area contributed by atoms with Crippen molar-refractivity contribution in [2.75, 3.05) is 10.6 Å². The number of benzene rings is 6. The topological polar surface area (TPSA) is 33.3 Å². The third kappa shape index (κ3) is 3.29. The van der Waals surface area contributed by atoms with Crippen molar-refractivity contribution in [3.05, 3.63) is 133 Å². The molecule has 180 valence electrons. The number of nitrogens with one attached hydrogen (secondary N) is 2. The van der Waals surface area contributed by atoms with Crippen LogP contribution in [-0.4, -0.2) is 0 Å². The second-order valence-electron chi connectivity index (χ2n) is 9.91. The Morgan fingerprint density at radius 3 is 2.11 bits per heavy atom. The molecule has 0 aromatic heterocycles. The fraction of sp³-hybridized carbons (Fsp3) is 0.0286. The summed E-state index contributed by atoms with van der Waals surface area (Å²) in [6.07, 6.45) is 0.0905. The third-order valence-corrected chi connectivity index (χ3v) is 7.68. The zero-order valence-corrected chi connectivity index (χ0v) is 20.6. The Balaban J connectivity index is 1.13. The van der Waals surface area contributed by atoms with Crippen molar-refractivity contribution in [2.24, 2.45) is 0 Å². The minimum Gasteiger partial charge on any atom is -0.456 e. The lowest BCUT2D eigenvalue weighted by Gasteiger charge is -2.22. The molecule has 3 nitrogen and oxygen atoms in total. The van der Waals surface area contributed by atoms with Gasteiger partial charge in [-0.05, 0) is 63.0 Å². The molecule has 0 amide bonds. The molecule has 1 atom stereocenters. The molecule has 8 rings (SSSR count). The Bertz CT molecular complexity index is 1840. The first-order valence-corrected chi connectivity index (χ1v) is 13.0. The summed E-state index contributed by atoms with van der Waals surface area (Å²) in [5.41, 5.74) is 10.7. The summed E-state index contributed by atoms with van der Waals surface area (Å²) in [5, 5.41) is 9.59. The van der Waals surface area contributed by atoms with Gasteiger partial charge in [-0.2, -0.15) is 0 Å². The highest BCUT2D eigenvalue weighted by Gasteiger charge is 2.22. The molecule has 0 saturated heterocycles. The fourth-order valence-corrected chi connectivity index (χ4v) is 5.80. The van der Waals surface area contributed by atoms with Crippen molar-refractivity contribution in [2.45, 2.75) is 6.17 Å². The van der Waals surface area contributed by atoms with Crippen LogP contribution < -0.4 is 15.4 Å². The van der Waals surface area contributed by atoms with Crippen LogP contribution in [0.5, 0.6) is 11.5 Å². The van der Waals surface area contributed by atoms with E-state index in [-0.39, 0.29) is 6.17 Å². The van der Waals surface area contributed by atoms with Gasteiger partial charge in [0.1, 0.15) is 17.7 Å². The number of rotatable bonds is 3. The summed E-state index contributed by atoms with van der Waals surface area (Å²) >= 11 is 0. The standard InChI is InChI=1S/C35H24N2O/c1-2-7-24(8-3-1)35-36-30-19-17-25(21-31(30)37-35)22-13-15-23(16-14-22)26-18-20-33-34-28(26)10-6-11-29(34)27-9-4-5-12-32(27)38-33/h1-21,35-37H. The smallest absolute Gasteiger partial charge is 0.135 e. The van der Waals surface area contributed by atoms with Gasteiger partial charge in [0, 0.05) is 10.9 Å². The van der Waals surface area contributed by atoms with Gasteiger partial charge < -0.3 is 15.4 Å². The van der Waals surface area contributed by atoms with Crippen LogP contribution in [0.15, 0.2) is 127 Å². The minimum absolute atomic E-state index is 0.0905. The fourth-order valence-electron chi connectivity index (χ4n) is 5.80. The Morgan fingerprint density at radius 2 is 1.21 bits per heavy atom. The molecule has 38 heavy (non-hydrogen) atoms. The molecule has 2 N–H and O–H groups in total. The van der Waals surface area contributed by atoms with Gasteiger partial charge in [-0.25, -0.2) is 0 Å². The van der Waals surface area contributed by atoms with Gasteiger partial charge in [-0.3, -0.25) is 0 Å². The van der Waals surface area contributed by atoms with Gasteiger partial charge in [0.2, 0.25) is 0 Å². The molecular weight excluding hydrogens is 464 g/mol. The number of anilines is 2. The molecule has 2 aliphatic heterocycles. The van der Waals surface area contributed by atoms with Crippen molar-refractivity contribution < 1.29 is 4.74 Å². The van der Waals surface area contributed by atoms with Gasteiger partial charge in [0.15, 0.2) is 0 Å². The van der Waals surface area contributed by atoms with E-state index in [0.717, 1.165) is 28.4 Å². The average Bonchev–Trinajstić information content (AvgIpc) is 3.42. The third-order valence-electron chi connectivity index (χ3n) is 7.68. The number of hydrogen-bond donors (Lipinski definition) is 2. The van der Waals surface area contributed by atoms with Crippen LogP contribution in [0.1, 0.15) is 11.7 Å². The molecule has 0 fully saturated rings. The van der Waals surface area contributed by atoms with Crippen LogP contribution in [0.2, 0.25) is 0 Å².